The smallest absolute Gasteiger partial charge is 0.127 e. The fraction of sp³-hybridized carbons (Fsp3) is 0.143. The van der Waals surface area contributed by atoms with Gasteiger partial charge in [-0.2, -0.15) is 0 Å². The summed E-state index contributed by atoms with van der Waals surface area (Å²) in [5.74, 6) is 0. The van der Waals surface area contributed by atoms with E-state index in [4.69, 9.17) is 0 Å². The highest BCUT2D eigenvalue weighted by molar-refractivity contribution is 6.71. The molecule has 0 aliphatic carbocycles. The van der Waals surface area contributed by atoms with Gasteiger partial charge in [0.1, 0.15) is 9.52 Å². The predicted octanol–water partition coefficient (Wildman–Crippen LogP) is 2.02. The quantitative estimate of drug-likeness (QED) is 0.575. The Morgan fingerprint density at radius 3 is 1.81 bits per heavy atom. The van der Waals surface area contributed by atoms with Crippen LogP contribution in [0, 0.1) is 13.8 Å². The number of fused-ring (bicyclic) bond motifs is 2. The summed E-state index contributed by atoms with van der Waals surface area (Å²) < 4.78 is 0. The van der Waals surface area contributed by atoms with E-state index in [1.54, 1.807) is 0 Å². The zero-order valence-electron chi connectivity index (χ0n) is 9.46. The van der Waals surface area contributed by atoms with Crippen LogP contribution in [0.3, 0.4) is 0 Å². The van der Waals surface area contributed by atoms with Gasteiger partial charge in [0.15, 0.2) is 0 Å². The van der Waals surface area contributed by atoms with Crippen molar-refractivity contribution in [3.8, 4) is 0 Å². The van der Waals surface area contributed by atoms with Gasteiger partial charge in [0.05, 0.1) is 0 Å². The molecular formula is C14H13NSi. The van der Waals surface area contributed by atoms with E-state index in [9.17, 15) is 0 Å². The van der Waals surface area contributed by atoms with Gasteiger partial charge in [-0.1, -0.05) is 35.4 Å². The van der Waals surface area contributed by atoms with Gasteiger partial charge in [-0.05, 0) is 36.4 Å². The molecule has 78 valence electrons. The molecule has 2 heteroatoms. The number of nitrogens with one attached hydrogen (secondary N) is 1. The number of rotatable bonds is 0. The van der Waals surface area contributed by atoms with Crippen molar-refractivity contribution in [2.75, 3.05) is 5.32 Å². The third-order valence-electron chi connectivity index (χ3n) is 2.89. The first-order chi connectivity index (χ1) is 7.72. The molecule has 0 fully saturated rings. The van der Waals surface area contributed by atoms with E-state index in [1.807, 2.05) is 0 Å². The van der Waals surface area contributed by atoms with Gasteiger partial charge in [-0.15, -0.1) is 0 Å². The molecule has 1 heterocycles. The minimum atomic E-state index is 0.774. The van der Waals surface area contributed by atoms with E-state index in [1.165, 1.54) is 32.9 Å². The Kier molecular flexibility index (Phi) is 2.11. The first-order valence-corrected chi connectivity index (χ1v) is 6.48. The summed E-state index contributed by atoms with van der Waals surface area (Å²) in [6.45, 7) is 4.30. The monoisotopic (exact) mass is 223 g/mol. The Balaban J connectivity index is 2.10. The topological polar surface area (TPSA) is 12.0 Å². The summed E-state index contributed by atoms with van der Waals surface area (Å²) in [5.41, 5.74) is 5.20. The first-order valence-electron chi connectivity index (χ1n) is 5.48. The largest absolute Gasteiger partial charge is 0.356 e. The van der Waals surface area contributed by atoms with Gasteiger partial charge in [0.2, 0.25) is 0 Å². The summed E-state index contributed by atoms with van der Waals surface area (Å²) in [5, 5.41) is 6.36. The lowest BCUT2D eigenvalue weighted by molar-refractivity contribution is 1.45. The Labute approximate surface area is 98.3 Å². The Morgan fingerprint density at radius 2 is 1.31 bits per heavy atom. The summed E-state index contributed by atoms with van der Waals surface area (Å²) in [4.78, 5) is 0. The van der Waals surface area contributed by atoms with Crippen LogP contribution in [0.2, 0.25) is 0 Å². The van der Waals surface area contributed by atoms with Crippen LogP contribution in [0.5, 0.6) is 0 Å². The highest BCUT2D eigenvalue weighted by Gasteiger charge is 2.15. The van der Waals surface area contributed by atoms with Crippen molar-refractivity contribution < 1.29 is 0 Å². The molecule has 16 heavy (non-hydrogen) atoms. The standard InChI is InChI=1S/C14H13NSi/c1-9-3-5-11-13(7-9)16-14-8-10(2)4-6-12(14)15-11/h3-8,15H,1-2H3. The van der Waals surface area contributed by atoms with Crippen LogP contribution in [0.25, 0.3) is 0 Å². The molecule has 2 aromatic rings. The molecule has 1 aliphatic rings. The highest BCUT2D eigenvalue weighted by Crippen LogP contribution is 2.18. The Hall–Kier alpha value is -1.54. The Bertz CT molecular complexity index is 511. The Morgan fingerprint density at radius 1 is 0.812 bits per heavy atom. The molecule has 0 atom stereocenters. The van der Waals surface area contributed by atoms with Crippen molar-refractivity contribution in [1.29, 1.82) is 0 Å². The molecule has 1 aliphatic heterocycles. The third kappa shape index (κ3) is 1.55. The van der Waals surface area contributed by atoms with E-state index in [-0.39, 0.29) is 0 Å². The van der Waals surface area contributed by atoms with Crippen LogP contribution in [0.15, 0.2) is 36.4 Å². The van der Waals surface area contributed by atoms with Gasteiger partial charge >= 0.3 is 0 Å². The third-order valence-corrected chi connectivity index (χ3v) is 4.25. The maximum atomic E-state index is 3.50. The van der Waals surface area contributed by atoms with E-state index >= 15 is 0 Å². The van der Waals surface area contributed by atoms with Crippen molar-refractivity contribution >= 4 is 31.3 Å². The van der Waals surface area contributed by atoms with Crippen LogP contribution in [-0.2, 0) is 0 Å². The van der Waals surface area contributed by atoms with E-state index in [0.717, 1.165) is 9.52 Å². The SMILES string of the molecule is Cc1ccc2c(c1)[Si]c1cc(C)ccc1N2. The first kappa shape index (κ1) is 9.67. The second-order valence-corrected chi connectivity index (χ2v) is 5.68. The summed E-state index contributed by atoms with van der Waals surface area (Å²) in [6.07, 6.45) is 0. The minimum absolute atomic E-state index is 0.774. The van der Waals surface area contributed by atoms with Gasteiger partial charge < -0.3 is 5.32 Å². The van der Waals surface area contributed by atoms with Crippen molar-refractivity contribution in [3.63, 3.8) is 0 Å². The van der Waals surface area contributed by atoms with E-state index in [0.29, 0.717) is 0 Å². The zero-order valence-corrected chi connectivity index (χ0v) is 10.5. The fourth-order valence-electron chi connectivity index (χ4n) is 2.03. The van der Waals surface area contributed by atoms with Crippen LogP contribution >= 0.6 is 0 Å². The van der Waals surface area contributed by atoms with E-state index < -0.39 is 0 Å². The normalized spacial score (nSPS) is 12.6. The maximum Gasteiger partial charge on any atom is 0.127 e. The molecule has 1 nitrogen and oxygen atoms in total. The molecule has 2 radical (unpaired) electrons. The van der Waals surface area contributed by atoms with Crippen LogP contribution < -0.4 is 15.7 Å². The fourth-order valence-corrected chi connectivity index (χ4v) is 3.48. The zero-order chi connectivity index (χ0) is 11.1. The number of hydrogen-bond acceptors (Lipinski definition) is 1. The highest BCUT2D eigenvalue weighted by atomic mass is 28.2. The molecule has 1 N–H and O–H groups in total. The lowest BCUT2D eigenvalue weighted by Crippen LogP contribution is -2.35. The molecule has 0 spiro atoms. The minimum Gasteiger partial charge on any atom is -0.356 e. The summed E-state index contributed by atoms with van der Waals surface area (Å²) >= 11 is 0. The molecule has 0 aromatic heterocycles. The van der Waals surface area contributed by atoms with Crippen molar-refractivity contribution in [1.82, 2.24) is 0 Å². The molecule has 0 saturated carbocycles. The number of hydrogen-bond donors (Lipinski definition) is 1. The maximum absolute atomic E-state index is 3.50. The summed E-state index contributed by atoms with van der Waals surface area (Å²) in [6, 6.07) is 13.3. The summed E-state index contributed by atoms with van der Waals surface area (Å²) in [7, 11) is 0.774. The predicted molar refractivity (Wildman–Crippen MR) is 70.7 cm³/mol. The molecule has 2 aromatic carbocycles. The molecule has 0 saturated heterocycles. The van der Waals surface area contributed by atoms with Gasteiger partial charge in [0.25, 0.3) is 0 Å². The lowest BCUT2D eigenvalue weighted by Gasteiger charge is -2.21. The van der Waals surface area contributed by atoms with Crippen LogP contribution in [-0.4, -0.2) is 9.52 Å². The van der Waals surface area contributed by atoms with Crippen LogP contribution in [0.1, 0.15) is 11.1 Å². The van der Waals surface area contributed by atoms with Crippen molar-refractivity contribution in [2.24, 2.45) is 0 Å². The second kappa shape index (κ2) is 3.49. The van der Waals surface area contributed by atoms with E-state index in [2.05, 4.69) is 55.6 Å². The average molecular weight is 223 g/mol. The lowest BCUT2D eigenvalue weighted by atomic mass is 10.2. The van der Waals surface area contributed by atoms with Gasteiger partial charge in [-0.25, -0.2) is 0 Å². The molecule has 0 bridgehead atoms. The molecule has 0 unspecified atom stereocenters. The molecular weight excluding hydrogens is 210 g/mol. The number of anilines is 2. The van der Waals surface area contributed by atoms with Gasteiger partial charge in [0, 0.05) is 11.4 Å². The van der Waals surface area contributed by atoms with Gasteiger partial charge in [-0.3, -0.25) is 0 Å². The average Bonchev–Trinajstić information content (AvgIpc) is 2.26. The molecule has 3 rings (SSSR count). The molecule has 0 amide bonds. The van der Waals surface area contributed by atoms with Crippen molar-refractivity contribution in [3.05, 3.63) is 47.5 Å². The number of benzene rings is 2. The van der Waals surface area contributed by atoms with Crippen molar-refractivity contribution in [2.45, 2.75) is 13.8 Å². The number of aryl methyl sites for hydroxylation is 2. The second-order valence-electron chi connectivity index (χ2n) is 4.35. The van der Waals surface area contributed by atoms with Crippen LogP contribution in [0.4, 0.5) is 11.4 Å².